The number of alkyl halides is 3. The molecule has 5 heteroatoms. The van der Waals surface area contributed by atoms with Gasteiger partial charge in [0.1, 0.15) is 0 Å². The quantitative estimate of drug-likeness (QED) is 0.670. The lowest BCUT2D eigenvalue weighted by molar-refractivity contribution is -0.144. The first kappa shape index (κ1) is 8.10. The lowest BCUT2D eigenvalue weighted by Gasteiger charge is -1.98. The van der Waals surface area contributed by atoms with Crippen LogP contribution in [0.2, 0.25) is 0 Å². The van der Waals surface area contributed by atoms with Gasteiger partial charge in [-0.3, -0.25) is 0 Å². The first-order valence-corrected chi connectivity index (χ1v) is 3.50. The Morgan fingerprint density at radius 1 is 1.38 bits per heavy atom. The van der Waals surface area contributed by atoms with Crippen molar-refractivity contribution in [3.05, 3.63) is 30.1 Å². The molecule has 2 aromatic rings. The Morgan fingerprint density at radius 2 is 2.15 bits per heavy atom. The van der Waals surface area contributed by atoms with Gasteiger partial charge in [0.05, 0.1) is 11.0 Å². The molecule has 1 aromatic carbocycles. The fraction of sp³-hybridized carbons (Fsp3) is 0.125. The largest absolute Gasteiger partial charge is 0.449 e. The Hall–Kier alpha value is -1.52. The van der Waals surface area contributed by atoms with Gasteiger partial charge in [0.15, 0.2) is 0 Å². The molecule has 67 valence electrons. The van der Waals surface area contributed by atoms with E-state index in [1.54, 1.807) is 0 Å². The van der Waals surface area contributed by atoms with Crippen LogP contribution in [0.1, 0.15) is 5.82 Å². The molecule has 0 saturated heterocycles. The smallest absolute Gasteiger partial charge is 0.334 e. The van der Waals surface area contributed by atoms with Gasteiger partial charge in [0.25, 0.3) is 0 Å². The molecule has 2 rings (SSSR count). The van der Waals surface area contributed by atoms with Gasteiger partial charge in [-0.15, -0.1) is 0 Å². The van der Waals surface area contributed by atoms with Crippen LogP contribution in [0.5, 0.6) is 0 Å². The van der Waals surface area contributed by atoms with Crippen LogP contribution in [0.3, 0.4) is 0 Å². The minimum Gasteiger partial charge on any atom is -0.334 e. The number of hydrogen-bond donors (Lipinski definition) is 1. The van der Waals surface area contributed by atoms with Crippen molar-refractivity contribution in [2.24, 2.45) is 0 Å². The van der Waals surface area contributed by atoms with Crippen molar-refractivity contribution in [3.63, 3.8) is 0 Å². The number of nitrogens with zero attached hydrogens (tertiary/aromatic N) is 1. The molecule has 0 bridgehead atoms. The summed E-state index contributed by atoms with van der Waals surface area (Å²) in [5, 5.41) is 0. The molecule has 0 saturated carbocycles. The predicted octanol–water partition coefficient (Wildman–Crippen LogP) is 2.38. The number of imidazole rings is 1. The van der Waals surface area contributed by atoms with E-state index in [-0.39, 0.29) is 0 Å². The lowest BCUT2D eigenvalue weighted by Crippen LogP contribution is -2.06. The molecule has 13 heavy (non-hydrogen) atoms. The summed E-state index contributed by atoms with van der Waals surface area (Å²) in [5.74, 6) is -0.970. The second-order valence-corrected chi connectivity index (χ2v) is 2.53. The molecule has 1 N–H and O–H groups in total. The molecule has 0 spiro atoms. The van der Waals surface area contributed by atoms with E-state index in [1.165, 1.54) is 18.2 Å². The molecule has 0 atom stereocenters. The van der Waals surface area contributed by atoms with Crippen molar-refractivity contribution < 1.29 is 13.2 Å². The third kappa shape index (κ3) is 1.37. The second kappa shape index (κ2) is 2.48. The highest BCUT2D eigenvalue weighted by Gasteiger charge is 2.34. The van der Waals surface area contributed by atoms with Crippen LogP contribution in [0, 0.1) is 6.07 Å². The van der Waals surface area contributed by atoms with Crippen molar-refractivity contribution >= 4 is 11.0 Å². The summed E-state index contributed by atoms with van der Waals surface area (Å²) in [6, 6.07) is 7.08. The summed E-state index contributed by atoms with van der Waals surface area (Å²) in [6.45, 7) is 0. The van der Waals surface area contributed by atoms with Crippen LogP contribution in [0.15, 0.2) is 18.2 Å². The van der Waals surface area contributed by atoms with Gasteiger partial charge < -0.3 is 4.98 Å². The third-order valence-corrected chi connectivity index (χ3v) is 1.59. The van der Waals surface area contributed by atoms with E-state index in [4.69, 9.17) is 0 Å². The molecule has 0 fully saturated rings. The minimum atomic E-state index is -4.42. The van der Waals surface area contributed by atoms with Crippen molar-refractivity contribution in [2.45, 2.75) is 6.18 Å². The van der Waals surface area contributed by atoms with Crippen molar-refractivity contribution in [2.75, 3.05) is 0 Å². The first-order chi connectivity index (χ1) is 6.07. The molecular weight excluding hydrogens is 181 g/mol. The number of halogens is 3. The van der Waals surface area contributed by atoms with Crippen LogP contribution < -0.4 is 0 Å². The Labute approximate surface area is 71.4 Å². The summed E-state index contributed by atoms with van der Waals surface area (Å²) in [7, 11) is 0. The Bertz CT molecular complexity index is 397. The van der Waals surface area contributed by atoms with E-state index >= 15 is 0 Å². The topological polar surface area (TPSA) is 28.7 Å². The number of aromatic amines is 1. The van der Waals surface area contributed by atoms with Gasteiger partial charge in [0.2, 0.25) is 5.82 Å². The predicted molar refractivity (Wildman–Crippen MR) is 39.9 cm³/mol. The fourth-order valence-electron chi connectivity index (χ4n) is 1.03. The maximum Gasteiger partial charge on any atom is 0.449 e. The summed E-state index contributed by atoms with van der Waals surface area (Å²) in [4.78, 5) is 5.55. The third-order valence-electron chi connectivity index (χ3n) is 1.59. The van der Waals surface area contributed by atoms with Gasteiger partial charge in [-0.05, 0) is 18.2 Å². The highest BCUT2D eigenvalue weighted by Crippen LogP contribution is 2.28. The molecule has 1 heterocycles. The maximum atomic E-state index is 12.1. The Kier molecular flexibility index (Phi) is 1.55. The summed E-state index contributed by atoms with van der Waals surface area (Å²) in [6.07, 6.45) is -4.42. The van der Waals surface area contributed by atoms with Crippen molar-refractivity contribution in [1.29, 1.82) is 0 Å². The van der Waals surface area contributed by atoms with E-state index < -0.39 is 12.0 Å². The average molecular weight is 185 g/mol. The van der Waals surface area contributed by atoms with E-state index in [0.717, 1.165) is 0 Å². The van der Waals surface area contributed by atoms with E-state index in [9.17, 15) is 13.2 Å². The van der Waals surface area contributed by atoms with Crippen LogP contribution in [0.25, 0.3) is 11.0 Å². The average Bonchev–Trinajstić information content (AvgIpc) is 2.45. The summed E-state index contributed by atoms with van der Waals surface area (Å²) >= 11 is 0. The molecule has 1 radical (unpaired) electrons. The van der Waals surface area contributed by atoms with Gasteiger partial charge in [0, 0.05) is 0 Å². The minimum absolute atomic E-state index is 0.297. The van der Waals surface area contributed by atoms with Crippen LogP contribution >= 0.6 is 0 Å². The zero-order valence-corrected chi connectivity index (χ0v) is 6.31. The molecule has 1 aromatic heterocycles. The molecule has 0 amide bonds. The number of rotatable bonds is 0. The number of nitrogens with one attached hydrogen (secondary N) is 1. The van der Waals surface area contributed by atoms with E-state index in [2.05, 4.69) is 16.0 Å². The normalized spacial score (nSPS) is 12.2. The molecule has 2 nitrogen and oxygen atoms in total. The zero-order chi connectivity index (χ0) is 9.47. The molecule has 0 aliphatic rings. The SMILES string of the molecule is FC(F)(F)c1nc2cc[c]cc2[nH]1. The zero-order valence-electron chi connectivity index (χ0n) is 6.31. The highest BCUT2D eigenvalue weighted by atomic mass is 19.4. The summed E-state index contributed by atoms with van der Waals surface area (Å²) < 4.78 is 36.4. The van der Waals surface area contributed by atoms with Gasteiger partial charge in [-0.1, -0.05) is 6.07 Å². The number of benzene rings is 1. The number of hydrogen-bond acceptors (Lipinski definition) is 1. The second-order valence-electron chi connectivity index (χ2n) is 2.53. The standard InChI is InChI=1S/C8H4F3N2/c9-8(10,11)7-12-5-3-1-2-4-6(5)13-7/h1,3-4H,(H,12,13). The van der Waals surface area contributed by atoms with Crippen LogP contribution in [0.4, 0.5) is 13.2 Å². The summed E-state index contributed by atoms with van der Waals surface area (Å²) in [5.41, 5.74) is 0.640. The first-order valence-electron chi connectivity index (χ1n) is 3.50. The van der Waals surface area contributed by atoms with Gasteiger partial charge in [-0.25, -0.2) is 4.98 Å². The maximum absolute atomic E-state index is 12.1. The van der Waals surface area contributed by atoms with Crippen molar-refractivity contribution in [3.8, 4) is 0 Å². The molecule has 0 aliphatic heterocycles. The number of fused-ring (bicyclic) bond motifs is 1. The van der Waals surface area contributed by atoms with E-state index in [1.807, 2.05) is 0 Å². The lowest BCUT2D eigenvalue weighted by atomic mass is 10.3. The number of aromatic nitrogens is 2. The van der Waals surface area contributed by atoms with Gasteiger partial charge >= 0.3 is 6.18 Å². The monoisotopic (exact) mass is 185 g/mol. The Balaban J connectivity index is 2.63. The molecule has 0 aliphatic carbocycles. The Morgan fingerprint density at radius 3 is 2.77 bits per heavy atom. The molecule has 0 unspecified atom stereocenters. The molecular formula is C8H4F3N2. The van der Waals surface area contributed by atoms with Crippen LogP contribution in [-0.4, -0.2) is 9.97 Å². The van der Waals surface area contributed by atoms with E-state index in [0.29, 0.717) is 11.0 Å². The van der Waals surface area contributed by atoms with Gasteiger partial charge in [-0.2, -0.15) is 13.2 Å². The number of H-pyrrole nitrogens is 1. The van der Waals surface area contributed by atoms with Crippen LogP contribution in [-0.2, 0) is 6.18 Å². The fourth-order valence-corrected chi connectivity index (χ4v) is 1.03. The highest BCUT2D eigenvalue weighted by molar-refractivity contribution is 5.74. The van der Waals surface area contributed by atoms with Crippen molar-refractivity contribution in [1.82, 2.24) is 9.97 Å².